The van der Waals surface area contributed by atoms with E-state index in [1.165, 1.54) is 124 Å². The standard InChI is InChI=1S/C63H51NO/c1-2-10-41(11-3-1)42-16-20-47(21-17-42)64(49-22-25-52-50-12-4-6-14-56(50)62(58(52)38-49)28-8-9-29-62)48-23-27-61-55(37-48)54-35-43(19-26-60(54)65-61)44-18-24-53-51-13-5-7-15-57(51)63(59(53)36-44)45-31-39-30-40(33-45)34-46(63)32-39/h1-7,10-27,35-40,45-46H,8-9,28-34H2. The predicted molar refractivity (Wildman–Crippen MR) is 267 cm³/mol. The van der Waals surface area contributed by atoms with Crippen LogP contribution in [-0.4, -0.2) is 0 Å². The van der Waals surface area contributed by atoms with Crippen LogP contribution in [0.4, 0.5) is 17.1 Å². The van der Waals surface area contributed by atoms with E-state index in [1.807, 2.05) is 0 Å². The molecule has 2 nitrogen and oxygen atoms in total. The highest BCUT2D eigenvalue weighted by molar-refractivity contribution is 6.08. The molecule has 0 aliphatic heterocycles. The van der Waals surface area contributed by atoms with Gasteiger partial charge in [-0.2, -0.15) is 0 Å². The Bertz CT molecular complexity index is 3370. The molecule has 0 radical (unpaired) electrons. The lowest BCUT2D eigenvalue weighted by Gasteiger charge is -2.61. The summed E-state index contributed by atoms with van der Waals surface area (Å²) in [5.41, 5.74) is 22.6. The summed E-state index contributed by atoms with van der Waals surface area (Å²) >= 11 is 0. The highest BCUT2D eigenvalue weighted by Crippen LogP contribution is 2.69. The van der Waals surface area contributed by atoms with Crippen molar-refractivity contribution in [3.05, 3.63) is 198 Å². The molecule has 5 fully saturated rings. The van der Waals surface area contributed by atoms with E-state index in [0.717, 1.165) is 51.6 Å². The van der Waals surface area contributed by atoms with Gasteiger partial charge in [-0.15, -0.1) is 0 Å². The minimum Gasteiger partial charge on any atom is -0.456 e. The molecule has 8 aromatic carbocycles. The molecule has 1 aromatic heterocycles. The zero-order chi connectivity index (χ0) is 42.4. The molecular formula is C63H51NO. The Hall–Kier alpha value is -6.64. The molecule has 16 rings (SSSR count). The third-order valence-electron chi connectivity index (χ3n) is 17.8. The Labute approximate surface area is 381 Å². The molecule has 9 aromatic rings. The highest BCUT2D eigenvalue weighted by atomic mass is 16.3. The van der Waals surface area contributed by atoms with Gasteiger partial charge in [-0.25, -0.2) is 0 Å². The van der Waals surface area contributed by atoms with Gasteiger partial charge in [-0.05, 0) is 196 Å². The largest absolute Gasteiger partial charge is 0.456 e. The fourth-order valence-corrected chi connectivity index (χ4v) is 15.4. The second kappa shape index (κ2) is 13.5. The van der Waals surface area contributed by atoms with Gasteiger partial charge in [-0.3, -0.25) is 0 Å². The van der Waals surface area contributed by atoms with Gasteiger partial charge in [0.2, 0.25) is 0 Å². The van der Waals surface area contributed by atoms with Gasteiger partial charge >= 0.3 is 0 Å². The van der Waals surface area contributed by atoms with E-state index >= 15 is 0 Å². The molecule has 65 heavy (non-hydrogen) atoms. The molecule has 5 saturated carbocycles. The van der Waals surface area contributed by atoms with E-state index in [4.69, 9.17) is 4.42 Å². The van der Waals surface area contributed by atoms with Crippen LogP contribution in [0.1, 0.15) is 80.0 Å². The van der Waals surface area contributed by atoms with E-state index in [2.05, 4.69) is 181 Å². The molecule has 2 spiro atoms. The first-order valence-electron chi connectivity index (χ1n) is 24.5. The molecule has 0 unspecified atom stereocenters. The summed E-state index contributed by atoms with van der Waals surface area (Å²) in [5, 5.41) is 2.32. The van der Waals surface area contributed by atoms with Crippen molar-refractivity contribution in [2.75, 3.05) is 4.90 Å². The van der Waals surface area contributed by atoms with Crippen molar-refractivity contribution in [3.63, 3.8) is 0 Å². The SMILES string of the molecule is c1ccc(-c2ccc(N(c3ccc4c(c3)C3(CCCC3)c3ccccc3-4)c3ccc4oc5ccc(-c6ccc7c(c6)C6(c8ccccc8-7)C7CC8CC(C7)CC6C8)cc5c4c3)cc2)cc1. The van der Waals surface area contributed by atoms with Gasteiger partial charge in [0.05, 0.1) is 0 Å². The van der Waals surface area contributed by atoms with Crippen molar-refractivity contribution < 1.29 is 4.42 Å². The molecule has 7 aliphatic carbocycles. The molecule has 0 atom stereocenters. The van der Waals surface area contributed by atoms with Crippen molar-refractivity contribution in [2.45, 2.75) is 68.6 Å². The van der Waals surface area contributed by atoms with E-state index in [0.29, 0.717) is 0 Å². The smallest absolute Gasteiger partial charge is 0.135 e. The van der Waals surface area contributed by atoms with Gasteiger partial charge in [0.15, 0.2) is 0 Å². The topological polar surface area (TPSA) is 16.4 Å². The van der Waals surface area contributed by atoms with Crippen LogP contribution in [0.5, 0.6) is 0 Å². The van der Waals surface area contributed by atoms with E-state index in [1.54, 1.807) is 11.1 Å². The predicted octanol–water partition coefficient (Wildman–Crippen LogP) is 17.0. The molecule has 314 valence electrons. The molecule has 1 heterocycles. The first-order valence-corrected chi connectivity index (χ1v) is 24.5. The van der Waals surface area contributed by atoms with Crippen LogP contribution >= 0.6 is 0 Å². The van der Waals surface area contributed by atoms with E-state index in [9.17, 15) is 0 Å². The number of rotatable bonds is 5. The Morgan fingerprint density at radius 1 is 0.385 bits per heavy atom. The van der Waals surface area contributed by atoms with Crippen LogP contribution in [0.2, 0.25) is 0 Å². The number of fused-ring (bicyclic) bond motifs is 11. The number of hydrogen-bond acceptors (Lipinski definition) is 2. The van der Waals surface area contributed by atoms with Gasteiger partial charge in [0.1, 0.15) is 11.2 Å². The van der Waals surface area contributed by atoms with Gasteiger partial charge in [-0.1, -0.05) is 128 Å². The molecule has 0 amide bonds. The summed E-state index contributed by atoms with van der Waals surface area (Å²) in [7, 11) is 0. The minimum absolute atomic E-state index is 0.0853. The van der Waals surface area contributed by atoms with Crippen molar-refractivity contribution >= 4 is 39.0 Å². The van der Waals surface area contributed by atoms with Gasteiger partial charge < -0.3 is 9.32 Å². The Morgan fingerprint density at radius 2 is 0.908 bits per heavy atom. The summed E-state index contributed by atoms with van der Waals surface area (Å²) in [4.78, 5) is 2.48. The monoisotopic (exact) mass is 837 g/mol. The lowest BCUT2D eigenvalue weighted by atomic mass is 9.43. The highest BCUT2D eigenvalue weighted by Gasteiger charge is 2.61. The summed E-state index contributed by atoms with van der Waals surface area (Å²) in [6.07, 6.45) is 12.0. The van der Waals surface area contributed by atoms with Gasteiger partial charge in [0.25, 0.3) is 0 Å². The quantitative estimate of drug-likeness (QED) is 0.172. The van der Waals surface area contributed by atoms with Crippen LogP contribution in [0.3, 0.4) is 0 Å². The number of anilines is 3. The summed E-state index contributed by atoms with van der Waals surface area (Å²) < 4.78 is 6.67. The van der Waals surface area contributed by atoms with Crippen LogP contribution in [-0.2, 0) is 10.8 Å². The zero-order valence-electron chi connectivity index (χ0n) is 36.8. The van der Waals surface area contributed by atoms with Crippen LogP contribution < -0.4 is 4.90 Å². The number of hydrogen-bond donors (Lipinski definition) is 0. The van der Waals surface area contributed by atoms with Crippen LogP contribution in [0.15, 0.2) is 180 Å². The molecule has 0 N–H and O–H groups in total. The maximum absolute atomic E-state index is 6.67. The second-order valence-electron chi connectivity index (χ2n) is 20.8. The fraction of sp³-hybridized carbons (Fsp3) is 0.238. The van der Waals surface area contributed by atoms with Crippen molar-refractivity contribution in [1.29, 1.82) is 0 Å². The fourth-order valence-electron chi connectivity index (χ4n) is 15.4. The van der Waals surface area contributed by atoms with Crippen LogP contribution in [0, 0.1) is 23.7 Å². The first-order chi connectivity index (χ1) is 32.1. The minimum atomic E-state index is 0.0853. The summed E-state index contributed by atoms with van der Waals surface area (Å²) in [6, 6.07) is 67.1. The average molecular weight is 838 g/mol. The molecule has 4 bridgehead atoms. The molecular weight excluding hydrogens is 787 g/mol. The maximum atomic E-state index is 6.67. The average Bonchev–Trinajstić information content (AvgIpc) is 4.13. The molecule has 7 aliphatic rings. The number of furan rings is 1. The Morgan fingerprint density at radius 3 is 1.68 bits per heavy atom. The molecule has 0 saturated heterocycles. The maximum Gasteiger partial charge on any atom is 0.135 e. The summed E-state index contributed by atoms with van der Waals surface area (Å²) in [5.74, 6) is 3.35. The van der Waals surface area contributed by atoms with Crippen molar-refractivity contribution in [2.24, 2.45) is 23.7 Å². The third-order valence-corrected chi connectivity index (χ3v) is 17.8. The lowest BCUT2D eigenvalue weighted by Crippen LogP contribution is -2.55. The number of nitrogens with zero attached hydrogens (tertiary/aromatic N) is 1. The first kappa shape index (κ1) is 36.7. The number of benzene rings is 8. The lowest BCUT2D eigenvalue weighted by molar-refractivity contribution is -0.0399. The Kier molecular flexibility index (Phi) is 7.59. The molecule has 2 heteroatoms. The second-order valence-corrected chi connectivity index (χ2v) is 20.8. The summed E-state index contributed by atoms with van der Waals surface area (Å²) in [6.45, 7) is 0. The van der Waals surface area contributed by atoms with Crippen molar-refractivity contribution in [1.82, 2.24) is 0 Å². The van der Waals surface area contributed by atoms with E-state index < -0.39 is 0 Å². The normalized spacial score (nSPS) is 23.6. The Balaban J connectivity index is 0.869. The van der Waals surface area contributed by atoms with Crippen LogP contribution in [0.25, 0.3) is 66.4 Å². The zero-order valence-corrected chi connectivity index (χ0v) is 36.8. The van der Waals surface area contributed by atoms with Gasteiger partial charge in [0, 0.05) is 38.7 Å². The van der Waals surface area contributed by atoms with Crippen molar-refractivity contribution in [3.8, 4) is 44.5 Å². The van der Waals surface area contributed by atoms with E-state index in [-0.39, 0.29) is 10.8 Å². The third kappa shape index (κ3) is 5.06.